The van der Waals surface area contributed by atoms with Crippen molar-refractivity contribution < 1.29 is 19.1 Å². The molecule has 2 N–H and O–H groups in total. The van der Waals surface area contributed by atoms with Crippen LogP contribution < -0.4 is 20.1 Å². The minimum Gasteiger partial charge on any atom is -0.497 e. The van der Waals surface area contributed by atoms with Gasteiger partial charge < -0.3 is 24.7 Å². The molecule has 0 aliphatic heterocycles. The average molecular weight is 504 g/mol. The predicted molar refractivity (Wildman–Crippen MR) is 132 cm³/mol. The average Bonchev–Trinajstić information content (AvgIpc) is 3.18. The molecule has 0 saturated heterocycles. The summed E-state index contributed by atoms with van der Waals surface area (Å²) in [6.07, 6.45) is 0.237. The van der Waals surface area contributed by atoms with Gasteiger partial charge in [-0.1, -0.05) is 35.5 Å². The van der Waals surface area contributed by atoms with Crippen LogP contribution in [0.3, 0.4) is 0 Å². The van der Waals surface area contributed by atoms with Crippen LogP contribution in [0.2, 0.25) is 5.02 Å². The van der Waals surface area contributed by atoms with Gasteiger partial charge >= 0.3 is 0 Å². The molecule has 0 saturated carbocycles. The highest BCUT2D eigenvalue weighted by Gasteiger charge is 2.19. The Labute approximate surface area is 207 Å². The van der Waals surface area contributed by atoms with E-state index in [0.717, 1.165) is 11.3 Å². The third-order valence-electron chi connectivity index (χ3n) is 4.93. The summed E-state index contributed by atoms with van der Waals surface area (Å²) in [6, 6.07) is 12.0. The third-order valence-corrected chi connectivity index (χ3v) is 6.18. The van der Waals surface area contributed by atoms with E-state index < -0.39 is 0 Å². The fraction of sp³-hybridized carbons (Fsp3) is 0.304. The Morgan fingerprint density at radius 1 is 1.09 bits per heavy atom. The Kier molecular flexibility index (Phi) is 8.78. The van der Waals surface area contributed by atoms with Gasteiger partial charge in [0, 0.05) is 12.1 Å². The molecule has 180 valence electrons. The number of carbonyl (C=O) groups is 2. The maximum atomic E-state index is 12.5. The number of hydrogen-bond acceptors (Lipinski definition) is 7. The number of rotatable bonds is 10. The molecular weight excluding hydrogens is 478 g/mol. The van der Waals surface area contributed by atoms with Crippen molar-refractivity contribution in [2.24, 2.45) is 7.05 Å². The molecule has 0 bridgehead atoms. The number of ether oxygens (including phenoxy) is 2. The fourth-order valence-electron chi connectivity index (χ4n) is 3.21. The second kappa shape index (κ2) is 11.8. The lowest BCUT2D eigenvalue weighted by Gasteiger charge is -2.14. The van der Waals surface area contributed by atoms with Gasteiger partial charge in [-0.25, -0.2) is 0 Å². The van der Waals surface area contributed by atoms with Crippen LogP contribution in [0.4, 0.5) is 5.69 Å². The van der Waals surface area contributed by atoms with Crippen molar-refractivity contribution in [3.8, 4) is 11.5 Å². The predicted octanol–water partition coefficient (Wildman–Crippen LogP) is 3.64. The highest BCUT2D eigenvalue weighted by Crippen LogP contribution is 2.28. The second-order valence-electron chi connectivity index (χ2n) is 7.40. The van der Waals surface area contributed by atoms with Gasteiger partial charge in [-0.3, -0.25) is 9.59 Å². The molecule has 2 aromatic carbocycles. The van der Waals surface area contributed by atoms with E-state index in [1.165, 1.54) is 18.9 Å². The number of amides is 2. The largest absolute Gasteiger partial charge is 0.497 e. The zero-order valence-electron chi connectivity index (χ0n) is 19.3. The molecule has 1 aromatic heterocycles. The van der Waals surface area contributed by atoms with E-state index in [2.05, 4.69) is 20.8 Å². The number of methoxy groups -OCH3 is 2. The summed E-state index contributed by atoms with van der Waals surface area (Å²) in [5, 5.41) is 15.1. The first-order valence-electron chi connectivity index (χ1n) is 10.4. The van der Waals surface area contributed by atoms with Gasteiger partial charge in [0.15, 0.2) is 11.0 Å². The number of thioether (sulfide) groups is 1. The standard InChI is InChI=1S/C23H26ClN5O4S/c1-14(25-20(30)11-15-5-8-17(32-3)9-6-15)22-27-28-23(29(22)2)34-13-21(31)26-18-12-16(24)7-10-19(18)33-4/h5-10,12,14H,11,13H2,1-4H3,(H,25,30)(H,26,31). The Morgan fingerprint density at radius 2 is 1.82 bits per heavy atom. The Hall–Kier alpha value is -3.24. The maximum absolute atomic E-state index is 12.5. The van der Waals surface area contributed by atoms with E-state index in [1.54, 1.807) is 36.9 Å². The summed E-state index contributed by atoms with van der Waals surface area (Å²) in [7, 11) is 4.91. The lowest BCUT2D eigenvalue weighted by Crippen LogP contribution is -2.29. The van der Waals surface area contributed by atoms with E-state index in [-0.39, 0.29) is 30.0 Å². The van der Waals surface area contributed by atoms with Crippen LogP contribution >= 0.6 is 23.4 Å². The maximum Gasteiger partial charge on any atom is 0.234 e. The van der Waals surface area contributed by atoms with Crippen LogP contribution in [0, 0.1) is 0 Å². The van der Waals surface area contributed by atoms with Gasteiger partial charge in [-0.15, -0.1) is 10.2 Å². The quantitative estimate of drug-likeness (QED) is 0.407. The van der Waals surface area contributed by atoms with E-state index in [1.807, 2.05) is 31.2 Å². The van der Waals surface area contributed by atoms with Crippen molar-refractivity contribution >= 4 is 40.9 Å². The molecule has 11 heteroatoms. The molecule has 0 fully saturated rings. The van der Waals surface area contributed by atoms with Gasteiger partial charge in [0.2, 0.25) is 11.8 Å². The van der Waals surface area contributed by atoms with Crippen molar-refractivity contribution in [2.75, 3.05) is 25.3 Å². The summed E-state index contributed by atoms with van der Waals surface area (Å²) >= 11 is 7.24. The highest BCUT2D eigenvalue weighted by atomic mass is 35.5. The van der Waals surface area contributed by atoms with Crippen LogP contribution in [-0.4, -0.2) is 46.6 Å². The zero-order chi connectivity index (χ0) is 24.7. The lowest BCUT2D eigenvalue weighted by molar-refractivity contribution is -0.121. The van der Waals surface area contributed by atoms with Crippen LogP contribution in [0.15, 0.2) is 47.6 Å². The Morgan fingerprint density at radius 3 is 2.50 bits per heavy atom. The first kappa shape index (κ1) is 25.4. The number of hydrogen-bond donors (Lipinski definition) is 2. The zero-order valence-corrected chi connectivity index (χ0v) is 20.9. The SMILES string of the molecule is COc1ccc(CC(=O)NC(C)c2nnc(SCC(=O)Nc3cc(Cl)ccc3OC)n2C)cc1. The first-order valence-corrected chi connectivity index (χ1v) is 11.7. The number of halogens is 1. The van der Waals surface area contributed by atoms with Crippen LogP contribution in [-0.2, 0) is 23.1 Å². The monoisotopic (exact) mass is 503 g/mol. The molecule has 9 nitrogen and oxygen atoms in total. The number of nitrogens with zero attached hydrogens (tertiary/aromatic N) is 3. The van der Waals surface area contributed by atoms with E-state index in [0.29, 0.717) is 27.4 Å². The van der Waals surface area contributed by atoms with Crippen LogP contribution in [0.25, 0.3) is 0 Å². The van der Waals surface area contributed by atoms with Crippen molar-refractivity contribution in [2.45, 2.75) is 24.5 Å². The van der Waals surface area contributed by atoms with Crippen molar-refractivity contribution in [1.29, 1.82) is 0 Å². The number of benzene rings is 2. The lowest BCUT2D eigenvalue weighted by atomic mass is 10.1. The highest BCUT2D eigenvalue weighted by molar-refractivity contribution is 7.99. The molecule has 0 aliphatic rings. The summed E-state index contributed by atoms with van der Waals surface area (Å²) in [5.41, 5.74) is 1.37. The van der Waals surface area contributed by atoms with Gasteiger partial charge in [-0.05, 0) is 42.8 Å². The summed E-state index contributed by atoms with van der Waals surface area (Å²) in [6.45, 7) is 1.84. The van der Waals surface area contributed by atoms with Crippen molar-refractivity contribution in [1.82, 2.24) is 20.1 Å². The van der Waals surface area contributed by atoms with E-state index >= 15 is 0 Å². The van der Waals surface area contributed by atoms with Gasteiger partial charge in [0.05, 0.1) is 38.1 Å². The van der Waals surface area contributed by atoms with E-state index in [4.69, 9.17) is 21.1 Å². The molecule has 2 amide bonds. The second-order valence-corrected chi connectivity index (χ2v) is 8.77. The minimum atomic E-state index is -0.359. The van der Waals surface area contributed by atoms with Crippen LogP contribution in [0.5, 0.6) is 11.5 Å². The van der Waals surface area contributed by atoms with Crippen LogP contribution in [0.1, 0.15) is 24.4 Å². The topological polar surface area (TPSA) is 107 Å². The molecule has 1 atom stereocenters. The normalized spacial score (nSPS) is 11.6. The molecule has 0 spiro atoms. The number of carbonyl (C=O) groups excluding carboxylic acids is 2. The minimum absolute atomic E-state index is 0.111. The Bertz CT molecular complexity index is 1150. The number of aromatic nitrogens is 3. The molecule has 0 aliphatic carbocycles. The molecule has 0 radical (unpaired) electrons. The smallest absolute Gasteiger partial charge is 0.234 e. The molecular formula is C23H26ClN5O4S. The van der Waals surface area contributed by atoms with Gasteiger partial charge in [0.25, 0.3) is 0 Å². The van der Waals surface area contributed by atoms with E-state index in [9.17, 15) is 9.59 Å². The summed E-state index contributed by atoms with van der Waals surface area (Å²) in [4.78, 5) is 24.9. The first-order chi connectivity index (χ1) is 16.3. The van der Waals surface area contributed by atoms with Crippen molar-refractivity contribution in [3.63, 3.8) is 0 Å². The Balaban J connectivity index is 1.54. The molecule has 1 unspecified atom stereocenters. The van der Waals surface area contributed by atoms with Gasteiger partial charge in [0.1, 0.15) is 11.5 Å². The number of anilines is 1. The number of nitrogens with one attached hydrogen (secondary N) is 2. The molecule has 3 aromatic rings. The van der Waals surface area contributed by atoms with Crippen molar-refractivity contribution in [3.05, 3.63) is 58.9 Å². The third kappa shape index (κ3) is 6.64. The summed E-state index contributed by atoms with van der Waals surface area (Å²) in [5.74, 6) is 1.58. The molecule has 1 heterocycles. The molecule has 3 rings (SSSR count). The fourth-order valence-corrected chi connectivity index (χ4v) is 4.10. The molecule has 34 heavy (non-hydrogen) atoms. The summed E-state index contributed by atoms with van der Waals surface area (Å²) < 4.78 is 12.1. The van der Waals surface area contributed by atoms with Gasteiger partial charge in [-0.2, -0.15) is 0 Å².